The highest BCUT2D eigenvalue weighted by molar-refractivity contribution is 5.97. The Balaban J connectivity index is -0.00000115. The molecule has 0 radical (unpaired) electrons. The number of rotatable bonds is 30. The highest BCUT2D eigenvalue weighted by Gasteiger charge is 2.36. The molecule has 0 aromatic heterocycles. The van der Waals surface area contributed by atoms with Crippen LogP contribution in [0.1, 0.15) is 48.5 Å². The lowest BCUT2D eigenvalue weighted by molar-refractivity contribution is -0.134. The summed E-state index contributed by atoms with van der Waals surface area (Å²) in [6.45, 7) is 8.10. The molecular weight excluding hydrogens is 1110 g/mol. The van der Waals surface area contributed by atoms with Crippen molar-refractivity contribution in [2.24, 2.45) is 11.3 Å². The Kier molecular flexibility index (Phi) is 33.1. The number of hydrogen-bond donors (Lipinski definition) is 14. The van der Waals surface area contributed by atoms with Crippen molar-refractivity contribution in [1.82, 2.24) is 0 Å². The van der Waals surface area contributed by atoms with Crippen LogP contribution in [0.3, 0.4) is 0 Å². The largest absolute Gasteiger partial charge is 0.478 e. The number of carboxylic acids is 14. The molecule has 14 N–H and O–H groups in total. The summed E-state index contributed by atoms with van der Waals surface area (Å²) in [5.41, 5.74) is -7.13. The van der Waals surface area contributed by atoms with Gasteiger partial charge in [-0.15, -0.1) is 0 Å². The number of ether oxygens (including phenoxy) is 3. The van der Waals surface area contributed by atoms with E-state index in [1.807, 2.05) is 0 Å². The first-order chi connectivity index (χ1) is 37.6. The van der Waals surface area contributed by atoms with Gasteiger partial charge in [0.15, 0.2) is 0 Å². The molecule has 0 aliphatic heterocycles. The molecule has 0 rings (SSSR count). The fraction of sp³-hybridized carbons (Fsp3) is 0.176. The van der Waals surface area contributed by atoms with Crippen molar-refractivity contribution >= 4 is 83.6 Å². The Hall–Kier alpha value is -11.7. The average molecular weight is 1160 g/mol. The zero-order chi connectivity index (χ0) is 64.5. The van der Waals surface area contributed by atoms with Gasteiger partial charge in [0, 0.05) is 52.0 Å². The van der Waals surface area contributed by atoms with E-state index >= 15 is 0 Å². The van der Waals surface area contributed by atoms with Crippen LogP contribution in [0.15, 0.2) is 165 Å². The monoisotopic (exact) mass is 1160 g/mol. The van der Waals surface area contributed by atoms with Crippen molar-refractivity contribution in [1.29, 1.82) is 0 Å². The third-order valence-corrected chi connectivity index (χ3v) is 8.99. The summed E-state index contributed by atoms with van der Waals surface area (Å²) < 4.78 is 14.5. The standard InChI is InChI=1S/C20H22O11.C16H18O9.C15H12O11/c1-10(15(21)22)5-20(6-11(2)16(23)24,7-12(3)17(25)26)14(19(29)30)9-31-8-13(4)18(27)28;1-8(13(17)18)4-11(5-9(2)14(19)20)12(16(23)24)7-25-6-10(3)15(21)22;16-11(17)4-1-8(14(22)23)7-26-10(3-6-13(20)21)9(15(24)25)2-5-12(18)19/h5-9H,1-4H3,(H,21,22)(H,23,24)(H,25,26)(H,27,28)(H,29,30);4-7,11H,1-3H3,(H,17,18)(H,19,20)(H,21,22)(H,23,24);1-7H,(H,16,17)(H,18,19)(H,20,21)(H,22,23)(H,24,25). The second kappa shape index (κ2) is 36.4. The Bertz CT molecular complexity index is 2930. The Morgan fingerprint density at radius 2 is 0.671 bits per heavy atom. The van der Waals surface area contributed by atoms with Gasteiger partial charge in [-0.1, -0.05) is 30.4 Å². The van der Waals surface area contributed by atoms with Gasteiger partial charge >= 0.3 is 83.6 Å². The van der Waals surface area contributed by atoms with Crippen molar-refractivity contribution in [2.75, 3.05) is 0 Å². The van der Waals surface area contributed by atoms with Gasteiger partial charge in [0.25, 0.3) is 0 Å². The fourth-order valence-corrected chi connectivity index (χ4v) is 4.85. The molecule has 442 valence electrons. The average Bonchev–Trinajstić information content (AvgIpc) is 3.34. The smallest absolute Gasteiger partial charge is 0.339 e. The predicted molar refractivity (Wildman–Crippen MR) is 271 cm³/mol. The summed E-state index contributed by atoms with van der Waals surface area (Å²) >= 11 is 0. The maximum atomic E-state index is 12.0. The molecule has 0 unspecified atom stereocenters. The molecule has 31 heteroatoms. The number of hydrogen-bond acceptors (Lipinski definition) is 17. The van der Waals surface area contributed by atoms with Crippen LogP contribution in [0.25, 0.3) is 0 Å². The van der Waals surface area contributed by atoms with E-state index in [1.165, 1.54) is 20.8 Å². The van der Waals surface area contributed by atoms with Gasteiger partial charge in [-0.2, -0.15) is 0 Å². The van der Waals surface area contributed by atoms with Gasteiger partial charge in [0.2, 0.25) is 0 Å². The molecule has 82 heavy (non-hydrogen) atoms. The summed E-state index contributed by atoms with van der Waals surface area (Å²) in [6, 6.07) is 0. The summed E-state index contributed by atoms with van der Waals surface area (Å²) in [4.78, 5) is 155. The Morgan fingerprint density at radius 1 is 0.329 bits per heavy atom. The van der Waals surface area contributed by atoms with E-state index in [9.17, 15) is 92.7 Å². The lowest BCUT2D eigenvalue weighted by Crippen LogP contribution is -2.26. The van der Waals surface area contributed by atoms with Gasteiger partial charge in [-0.05, 0) is 66.7 Å². The van der Waals surface area contributed by atoms with E-state index in [0.29, 0.717) is 55.2 Å². The van der Waals surface area contributed by atoms with Gasteiger partial charge in [0.05, 0.1) is 33.3 Å². The molecular formula is C51H52O31. The Morgan fingerprint density at radius 3 is 0.976 bits per heavy atom. The number of allylic oxidation sites excluding steroid dienone is 6. The normalized spacial score (nSPS) is 14.5. The van der Waals surface area contributed by atoms with E-state index in [2.05, 4.69) is 0 Å². The summed E-state index contributed by atoms with van der Waals surface area (Å²) in [7, 11) is 0. The van der Waals surface area contributed by atoms with Crippen LogP contribution >= 0.6 is 0 Å². The number of aliphatic carboxylic acids is 14. The molecule has 0 aliphatic rings. The molecule has 0 heterocycles. The first-order valence-corrected chi connectivity index (χ1v) is 21.6. The van der Waals surface area contributed by atoms with E-state index in [4.69, 9.17) is 60.2 Å². The third-order valence-electron chi connectivity index (χ3n) is 8.99. The van der Waals surface area contributed by atoms with Crippen LogP contribution in [0.4, 0.5) is 0 Å². The fourth-order valence-electron chi connectivity index (χ4n) is 4.85. The zero-order valence-corrected chi connectivity index (χ0v) is 43.5. The molecule has 31 nitrogen and oxygen atoms in total. The lowest BCUT2D eigenvalue weighted by Gasteiger charge is -2.26. The molecule has 0 saturated carbocycles. The Labute approximate surface area is 460 Å². The van der Waals surface area contributed by atoms with E-state index in [0.717, 1.165) is 70.6 Å². The molecule has 0 aromatic rings. The van der Waals surface area contributed by atoms with Crippen molar-refractivity contribution in [3.8, 4) is 0 Å². The number of carbonyl (C=O) groups is 14. The van der Waals surface area contributed by atoms with Crippen LogP contribution in [0, 0.1) is 11.3 Å². The minimum atomic E-state index is -2.19. The first-order valence-electron chi connectivity index (χ1n) is 21.6. The van der Waals surface area contributed by atoms with Crippen molar-refractivity contribution < 1.29 is 153 Å². The quantitative estimate of drug-likeness (QED) is 0.0275. The van der Waals surface area contributed by atoms with Crippen LogP contribution < -0.4 is 0 Å². The van der Waals surface area contributed by atoms with Crippen molar-refractivity contribution in [3.63, 3.8) is 0 Å². The second-order valence-electron chi connectivity index (χ2n) is 15.5. The minimum Gasteiger partial charge on any atom is -0.478 e. The molecule has 0 bridgehead atoms. The minimum absolute atomic E-state index is 0.202. The van der Waals surface area contributed by atoms with Gasteiger partial charge in [-0.25, -0.2) is 67.1 Å². The van der Waals surface area contributed by atoms with Crippen LogP contribution in [-0.4, -0.2) is 155 Å². The molecule has 0 saturated heterocycles. The number of carboxylic acid groups (broad SMARTS) is 14. The molecule has 0 aromatic carbocycles. The molecule has 0 atom stereocenters. The van der Waals surface area contributed by atoms with Crippen LogP contribution in [0.5, 0.6) is 0 Å². The summed E-state index contributed by atoms with van der Waals surface area (Å²) in [5.74, 6) is -22.6. The summed E-state index contributed by atoms with van der Waals surface area (Å²) in [6.07, 6.45) is 11.1. The van der Waals surface area contributed by atoms with Crippen LogP contribution in [-0.2, 0) is 81.3 Å². The highest BCUT2D eigenvalue weighted by atomic mass is 16.5. The van der Waals surface area contributed by atoms with Crippen molar-refractivity contribution in [2.45, 2.75) is 48.5 Å². The van der Waals surface area contributed by atoms with E-state index in [1.54, 1.807) is 0 Å². The second-order valence-corrected chi connectivity index (χ2v) is 15.5. The summed E-state index contributed by atoms with van der Waals surface area (Å²) in [5, 5.41) is 126. The van der Waals surface area contributed by atoms with Gasteiger partial charge < -0.3 is 85.7 Å². The van der Waals surface area contributed by atoms with Gasteiger partial charge in [-0.3, -0.25) is 0 Å². The van der Waals surface area contributed by atoms with Gasteiger partial charge in [0.1, 0.15) is 42.6 Å². The van der Waals surface area contributed by atoms with E-state index in [-0.39, 0.29) is 22.3 Å². The first kappa shape index (κ1) is 74.6. The topological polar surface area (TPSA) is 550 Å². The predicted octanol–water partition coefficient (Wildman–Crippen LogP) is 3.91. The molecule has 0 fully saturated rings. The zero-order valence-electron chi connectivity index (χ0n) is 43.5. The van der Waals surface area contributed by atoms with Crippen LogP contribution in [0.2, 0.25) is 0 Å². The maximum Gasteiger partial charge on any atom is 0.339 e. The molecule has 0 aliphatic carbocycles. The SMILES string of the molecule is CC(=COC=C(C(=O)O)C(C=C(C)C(=O)O)(C=C(C)C(=O)O)C=C(C)C(=O)O)C(=O)O.CC(=COC=C(C(=O)O)C(C=C(C)C(=O)O)C=C(C)C(=O)O)C(=O)O.O=C(O)C=CC(=COC(C=CC(=O)O)=C(C=CC(=O)O)C(=O)O)C(=O)O. The van der Waals surface area contributed by atoms with E-state index < -0.39 is 140 Å². The third kappa shape index (κ3) is 30.2. The maximum absolute atomic E-state index is 12.0. The highest BCUT2D eigenvalue weighted by Crippen LogP contribution is 2.37. The molecule has 0 spiro atoms. The molecule has 0 amide bonds. The van der Waals surface area contributed by atoms with Crippen molar-refractivity contribution in [3.05, 3.63) is 165 Å². The lowest BCUT2D eigenvalue weighted by atomic mass is 9.76.